The van der Waals surface area contributed by atoms with Gasteiger partial charge in [0.1, 0.15) is 24.4 Å². The quantitative estimate of drug-likeness (QED) is 0.490. The first-order valence-corrected chi connectivity index (χ1v) is 9.60. The third kappa shape index (κ3) is 4.42. The van der Waals surface area contributed by atoms with Crippen molar-refractivity contribution < 1.29 is 13.9 Å². The highest BCUT2D eigenvalue weighted by Crippen LogP contribution is 2.15. The van der Waals surface area contributed by atoms with Crippen LogP contribution in [0.15, 0.2) is 59.7 Å². The van der Waals surface area contributed by atoms with Crippen LogP contribution in [0.3, 0.4) is 0 Å². The van der Waals surface area contributed by atoms with Crippen LogP contribution in [0, 0.1) is 5.82 Å². The third-order valence-corrected chi connectivity index (χ3v) is 4.53. The van der Waals surface area contributed by atoms with Crippen LogP contribution in [0.2, 0.25) is 0 Å². The van der Waals surface area contributed by atoms with E-state index in [2.05, 4.69) is 20.6 Å². The number of anilines is 1. The fourth-order valence-electron chi connectivity index (χ4n) is 3.05. The van der Waals surface area contributed by atoms with Crippen molar-refractivity contribution in [3.63, 3.8) is 0 Å². The van der Waals surface area contributed by atoms with Crippen LogP contribution >= 0.6 is 0 Å². The van der Waals surface area contributed by atoms with Gasteiger partial charge >= 0.3 is 0 Å². The van der Waals surface area contributed by atoms with E-state index in [0.29, 0.717) is 23.6 Å². The second-order valence-corrected chi connectivity index (χ2v) is 6.69. The molecule has 0 radical (unpaired) electrons. The number of fused-ring (bicyclic) bond motifs is 1. The molecule has 0 saturated carbocycles. The third-order valence-electron chi connectivity index (χ3n) is 4.53. The maximum Gasteiger partial charge on any atom is 0.283 e. The highest BCUT2D eigenvalue weighted by atomic mass is 19.1. The Kier molecular flexibility index (Phi) is 5.69. The van der Waals surface area contributed by atoms with Gasteiger partial charge in [0.25, 0.3) is 5.56 Å². The van der Waals surface area contributed by atoms with Gasteiger partial charge in [-0.25, -0.2) is 14.1 Å². The summed E-state index contributed by atoms with van der Waals surface area (Å²) in [6.07, 6.45) is 1.25. The molecular weight excluding hydrogens is 403 g/mol. The van der Waals surface area contributed by atoms with Crippen molar-refractivity contribution >= 4 is 22.8 Å². The summed E-state index contributed by atoms with van der Waals surface area (Å²) in [4.78, 5) is 29.3. The van der Waals surface area contributed by atoms with Crippen molar-refractivity contribution in [2.45, 2.75) is 20.0 Å². The highest BCUT2D eigenvalue weighted by Gasteiger charge is 2.15. The molecule has 0 fully saturated rings. The predicted molar refractivity (Wildman–Crippen MR) is 111 cm³/mol. The van der Waals surface area contributed by atoms with Gasteiger partial charge in [-0.1, -0.05) is 23.4 Å². The van der Waals surface area contributed by atoms with Gasteiger partial charge in [0, 0.05) is 11.3 Å². The molecule has 4 rings (SSSR count). The van der Waals surface area contributed by atoms with E-state index in [1.54, 1.807) is 42.5 Å². The number of nitrogens with zero attached hydrogens (tertiary/aromatic N) is 5. The molecule has 0 saturated heterocycles. The number of hydrogen-bond donors (Lipinski definition) is 1. The summed E-state index contributed by atoms with van der Waals surface area (Å²) < 4.78 is 21.8. The van der Waals surface area contributed by atoms with Crippen LogP contribution in [0.1, 0.15) is 12.5 Å². The van der Waals surface area contributed by atoms with Crippen molar-refractivity contribution in [1.29, 1.82) is 0 Å². The Morgan fingerprint density at radius 2 is 1.94 bits per heavy atom. The first-order chi connectivity index (χ1) is 15.0. The zero-order valence-electron chi connectivity index (χ0n) is 16.7. The van der Waals surface area contributed by atoms with Gasteiger partial charge in [-0.15, -0.1) is 5.10 Å². The fourth-order valence-corrected chi connectivity index (χ4v) is 3.05. The molecule has 1 N–H and O–H groups in total. The van der Waals surface area contributed by atoms with Crippen molar-refractivity contribution in [1.82, 2.24) is 24.5 Å². The molecule has 2 heterocycles. The van der Waals surface area contributed by atoms with Crippen molar-refractivity contribution in [2.75, 3.05) is 11.9 Å². The number of hydrogen-bond acceptors (Lipinski definition) is 6. The minimum Gasteiger partial charge on any atom is -0.494 e. The molecule has 10 heteroatoms. The lowest BCUT2D eigenvalue weighted by atomic mass is 10.2. The zero-order chi connectivity index (χ0) is 21.8. The van der Waals surface area contributed by atoms with E-state index in [1.807, 2.05) is 6.92 Å². The molecule has 31 heavy (non-hydrogen) atoms. The number of rotatable bonds is 7. The molecule has 0 aliphatic carbocycles. The lowest BCUT2D eigenvalue weighted by Crippen LogP contribution is -2.28. The Bertz CT molecular complexity index is 1280. The number of halogens is 1. The van der Waals surface area contributed by atoms with Gasteiger partial charge in [0.15, 0.2) is 11.2 Å². The van der Waals surface area contributed by atoms with Crippen molar-refractivity contribution in [3.8, 4) is 5.75 Å². The number of carbonyl (C=O) groups excluding carboxylic acids is 1. The Labute approximate surface area is 176 Å². The van der Waals surface area contributed by atoms with E-state index in [-0.39, 0.29) is 30.1 Å². The van der Waals surface area contributed by atoms with Crippen LogP contribution < -0.4 is 15.6 Å². The molecule has 0 atom stereocenters. The van der Waals surface area contributed by atoms with E-state index >= 15 is 0 Å². The number of benzene rings is 2. The lowest BCUT2D eigenvalue weighted by Gasteiger charge is -2.08. The van der Waals surface area contributed by atoms with E-state index < -0.39 is 11.5 Å². The van der Waals surface area contributed by atoms with Crippen LogP contribution in [0.25, 0.3) is 11.2 Å². The number of nitrogens with one attached hydrogen (secondary N) is 1. The van der Waals surface area contributed by atoms with Crippen molar-refractivity contribution in [2.24, 2.45) is 0 Å². The van der Waals surface area contributed by atoms with Gasteiger partial charge in [0.2, 0.25) is 5.91 Å². The summed E-state index contributed by atoms with van der Waals surface area (Å²) in [6, 6.07) is 13.2. The largest absolute Gasteiger partial charge is 0.494 e. The molecule has 0 spiro atoms. The Morgan fingerprint density at radius 1 is 1.16 bits per heavy atom. The standard InChI is InChI=1S/C21H19FN6O3/c1-2-31-16-9-7-15(8-10-16)24-18(29)12-27-13-23-20-19(21(27)30)25-26-28(20)11-14-5-3-4-6-17(14)22/h3-10,13H,2,11-12H2,1H3,(H,24,29). The maximum absolute atomic E-state index is 13.9. The summed E-state index contributed by atoms with van der Waals surface area (Å²) >= 11 is 0. The molecule has 158 valence electrons. The van der Waals surface area contributed by atoms with Gasteiger partial charge in [-0.05, 0) is 37.3 Å². The number of ether oxygens (including phenoxy) is 1. The number of amides is 1. The first kappa shape index (κ1) is 20.2. The SMILES string of the molecule is CCOc1ccc(NC(=O)Cn2cnc3c(nnn3Cc3ccccc3F)c2=O)cc1. The Morgan fingerprint density at radius 3 is 2.68 bits per heavy atom. The number of aromatic nitrogens is 5. The van der Waals surface area contributed by atoms with Crippen LogP contribution in [-0.4, -0.2) is 37.1 Å². The van der Waals surface area contributed by atoms with Crippen LogP contribution in [-0.2, 0) is 17.9 Å². The van der Waals surface area contributed by atoms with Crippen molar-refractivity contribution in [3.05, 3.63) is 76.6 Å². The second-order valence-electron chi connectivity index (χ2n) is 6.69. The molecule has 9 nitrogen and oxygen atoms in total. The highest BCUT2D eigenvalue weighted by molar-refractivity contribution is 5.90. The smallest absolute Gasteiger partial charge is 0.283 e. The summed E-state index contributed by atoms with van der Waals surface area (Å²) in [6.45, 7) is 2.28. The predicted octanol–water partition coefficient (Wildman–Crippen LogP) is 2.21. The normalized spacial score (nSPS) is 10.9. The minimum atomic E-state index is -0.508. The molecule has 2 aromatic carbocycles. The number of carbonyl (C=O) groups is 1. The van der Waals surface area contributed by atoms with Crippen LogP contribution in [0.4, 0.5) is 10.1 Å². The minimum absolute atomic E-state index is 0.00714. The molecule has 1 amide bonds. The lowest BCUT2D eigenvalue weighted by molar-refractivity contribution is -0.116. The van der Waals surface area contributed by atoms with Gasteiger partial charge in [-0.2, -0.15) is 0 Å². The van der Waals surface area contributed by atoms with E-state index in [1.165, 1.54) is 17.1 Å². The van der Waals surface area contributed by atoms with Gasteiger partial charge in [0.05, 0.1) is 13.2 Å². The maximum atomic E-state index is 13.9. The fraction of sp³-hybridized carbons (Fsp3) is 0.190. The summed E-state index contributed by atoms with van der Waals surface area (Å²) in [5, 5.41) is 10.5. The van der Waals surface area contributed by atoms with Crippen LogP contribution in [0.5, 0.6) is 5.75 Å². The monoisotopic (exact) mass is 422 g/mol. The molecule has 0 unspecified atom stereocenters. The van der Waals surface area contributed by atoms with E-state index in [4.69, 9.17) is 4.74 Å². The summed E-state index contributed by atoms with van der Waals surface area (Å²) in [5.74, 6) is -0.0820. The Hall–Kier alpha value is -4.08. The molecule has 0 bridgehead atoms. The topological polar surface area (TPSA) is 104 Å². The average molecular weight is 422 g/mol. The summed E-state index contributed by atoms with van der Waals surface area (Å²) in [5.41, 5.74) is 0.692. The Balaban J connectivity index is 1.50. The average Bonchev–Trinajstić information content (AvgIpc) is 3.17. The summed E-state index contributed by atoms with van der Waals surface area (Å²) in [7, 11) is 0. The molecule has 0 aliphatic rings. The van der Waals surface area contributed by atoms with E-state index in [0.717, 1.165) is 4.57 Å². The molecule has 4 aromatic rings. The van der Waals surface area contributed by atoms with Gasteiger partial charge in [-0.3, -0.25) is 14.2 Å². The second kappa shape index (κ2) is 8.74. The first-order valence-electron chi connectivity index (χ1n) is 9.60. The molecule has 0 aliphatic heterocycles. The van der Waals surface area contributed by atoms with E-state index in [9.17, 15) is 14.0 Å². The van der Waals surface area contributed by atoms with Gasteiger partial charge < -0.3 is 10.1 Å². The molecular formula is C21H19FN6O3. The molecule has 2 aromatic heterocycles. The zero-order valence-corrected chi connectivity index (χ0v) is 16.7.